The number of amides is 2. The summed E-state index contributed by atoms with van der Waals surface area (Å²) in [6, 6.07) is -0.379. The first-order chi connectivity index (χ1) is 9.99. The zero-order chi connectivity index (χ0) is 15.6. The molecule has 0 radical (unpaired) electrons. The first kappa shape index (κ1) is 15.8. The van der Waals surface area contributed by atoms with Crippen molar-refractivity contribution in [2.75, 3.05) is 12.3 Å². The summed E-state index contributed by atoms with van der Waals surface area (Å²) in [4.78, 5) is 36.0. The number of thioether (sulfide) groups is 1. The summed E-state index contributed by atoms with van der Waals surface area (Å²) in [7, 11) is 0. The number of unbranched alkanes of at least 4 members (excludes halogenated alkanes) is 2. The number of hydrogen-bond donors (Lipinski definition) is 3. The van der Waals surface area contributed by atoms with Crippen molar-refractivity contribution >= 4 is 29.5 Å². The fourth-order valence-corrected chi connectivity index (χ4v) is 3.88. The second-order valence-corrected chi connectivity index (χ2v) is 6.15. The third kappa shape index (κ3) is 2.91. The standard InChI is InChI=1S/C13H19N3O4S/c1-2-3-4-5-15-8-11(18)16-9(13(19)20)7(10(14)17)6-21-12(8)16/h8,12,15H,2-6H2,1H3,(H2,14,17)(H,19,20)/t8?,12-/m0/s1. The Morgan fingerprint density at radius 2 is 2.19 bits per heavy atom. The Balaban J connectivity index is 2.08. The lowest BCUT2D eigenvalue weighted by molar-refractivity contribution is -0.149. The van der Waals surface area contributed by atoms with E-state index in [1.54, 1.807) is 0 Å². The number of carboxylic acid groups (broad SMARTS) is 1. The average Bonchev–Trinajstić information content (AvgIpc) is 2.44. The molecule has 8 heteroatoms. The summed E-state index contributed by atoms with van der Waals surface area (Å²) in [6.07, 6.45) is 3.16. The number of nitrogens with two attached hydrogens (primary N) is 1. The predicted molar refractivity (Wildman–Crippen MR) is 78.3 cm³/mol. The predicted octanol–water partition coefficient (Wildman–Crippen LogP) is -0.126. The number of fused-ring (bicyclic) bond motifs is 1. The lowest BCUT2D eigenvalue weighted by Gasteiger charge is -2.49. The quantitative estimate of drug-likeness (QED) is 0.446. The molecule has 2 aliphatic rings. The van der Waals surface area contributed by atoms with Gasteiger partial charge in [0.25, 0.3) is 0 Å². The highest BCUT2D eigenvalue weighted by Crippen LogP contribution is 2.40. The van der Waals surface area contributed by atoms with Crippen LogP contribution in [0, 0.1) is 0 Å². The molecule has 116 valence electrons. The maximum Gasteiger partial charge on any atom is 0.353 e. The van der Waals surface area contributed by atoms with E-state index in [-0.39, 0.29) is 34.3 Å². The Kier molecular flexibility index (Phi) is 4.89. The van der Waals surface area contributed by atoms with Crippen LogP contribution in [-0.4, -0.2) is 51.5 Å². The van der Waals surface area contributed by atoms with Crippen LogP contribution in [0.25, 0.3) is 0 Å². The fraction of sp³-hybridized carbons (Fsp3) is 0.615. The van der Waals surface area contributed by atoms with Crippen molar-refractivity contribution in [3.63, 3.8) is 0 Å². The fourth-order valence-electron chi connectivity index (χ4n) is 2.50. The number of carboxylic acids is 1. The van der Waals surface area contributed by atoms with Gasteiger partial charge in [0.1, 0.15) is 17.1 Å². The first-order valence-electron chi connectivity index (χ1n) is 6.93. The number of carbonyl (C=O) groups excluding carboxylic acids is 2. The molecule has 2 rings (SSSR count). The van der Waals surface area contributed by atoms with Gasteiger partial charge < -0.3 is 16.2 Å². The Bertz CT molecular complexity index is 506. The summed E-state index contributed by atoms with van der Waals surface area (Å²) in [5.74, 6) is -2.16. The van der Waals surface area contributed by atoms with Gasteiger partial charge in [0.15, 0.2) is 0 Å². The van der Waals surface area contributed by atoms with E-state index in [4.69, 9.17) is 5.73 Å². The van der Waals surface area contributed by atoms with Crippen molar-refractivity contribution in [3.8, 4) is 0 Å². The zero-order valence-electron chi connectivity index (χ0n) is 11.8. The Hall–Kier alpha value is -1.54. The van der Waals surface area contributed by atoms with E-state index < -0.39 is 11.9 Å². The van der Waals surface area contributed by atoms with Crippen LogP contribution in [-0.2, 0) is 14.4 Å². The molecule has 0 aromatic carbocycles. The van der Waals surface area contributed by atoms with Crippen LogP contribution in [0.15, 0.2) is 11.3 Å². The van der Waals surface area contributed by atoms with E-state index in [0.717, 1.165) is 25.8 Å². The molecule has 2 atom stereocenters. The molecule has 0 saturated carbocycles. The minimum atomic E-state index is -1.29. The summed E-state index contributed by atoms with van der Waals surface area (Å²) >= 11 is 1.37. The number of aliphatic carboxylic acids is 1. The summed E-state index contributed by atoms with van der Waals surface area (Å²) in [6.45, 7) is 2.83. The molecule has 0 aromatic heterocycles. The van der Waals surface area contributed by atoms with E-state index in [1.165, 1.54) is 16.7 Å². The molecule has 0 aliphatic carbocycles. The summed E-state index contributed by atoms with van der Waals surface area (Å²) in [5, 5.41) is 12.1. The highest BCUT2D eigenvalue weighted by molar-refractivity contribution is 8.00. The van der Waals surface area contributed by atoms with E-state index in [9.17, 15) is 19.5 Å². The van der Waals surface area contributed by atoms with Crippen LogP contribution in [0.3, 0.4) is 0 Å². The number of nitrogens with zero attached hydrogens (tertiary/aromatic N) is 1. The number of carbonyl (C=O) groups is 3. The summed E-state index contributed by atoms with van der Waals surface area (Å²) < 4.78 is 0. The molecule has 0 bridgehead atoms. The highest BCUT2D eigenvalue weighted by atomic mass is 32.2. The molecule has 2 aliphatic heterocycles. The first-order valence-corrected chi connectivity index (χ1v) is 7.98. The van der Waals surface area contributed by atoms with E-state index in [1.807, 2.05) is 0 Å². The molecule has 1 unspecified atom stereocenters. The molecule has 1 saturated heterocycles. The number of rotatable bonds is 7. The average molecular weight is 313 g/mol. The third-order valence-corrected chi connectivity index (χ3v) is 4.89. The third-order valence-electron chi connectivity index (χ3n) is 3.61. The molecular weight excluding hydrogens is 294 g/mol. The van der Waals surface area contributed by atoms with Crippen molar-refractivity contribution in [3.05, 3.63) is 11.3 Å². The number of primary amides is 1. The minimum Gasteiger partial charge on any atom is -0.477 e. The minimum absolute atomic E-state index is 0.00142. The number of nitrogens with one attached hydrogen (secondary N) is 1. The summed E-state index contributed by atoms with van der Waals surface area (Å²) in [5.41, 5.74) is 4.93. The second kappa shape index (κ2) is 6.48. The van der Waals surface area contributed by atoms with Crippen molar-refractivity contribution in [1.29, 1.82) is 0 Å². The van der Waals surface area contributed by atoms with Crippen molar-refractivity contribution in [2.45, 2.75) is 37.6 Å². The molecule has 1 fully saturated rings. The van der Waals surface area contributed by atoms with Gasteiger partial charge in [0.05, 0.1) is 5.57 Å². The molecule has 4 N–H and O–H groups in total. The van der Waals surface area contributed by atoms with Gasteiger partial charge in [0.2, 0.25) is 11.8 Å². The van der Waals surface area contributed by atoms with Crippen molar-refractivity contribution in [2.24, 2.45) is 5.73 Å². The zero-order valence-corrected chi connectivity index (χ0v) is 12.6. The van der Waals surface area contributed by atoms with Crippen LogP contribution in [0.2, 0.25) is 0 Å². The van der Waals surface area contributed by atoms with Gasteiger partial charge in [-0.1, -0.05) is 19.8 Å². The van der Waals surface area contributed by atoms with Gasteiger partial charge in [0, 0.05) is 5.75 Å². The normalized spacial score (nSPS) is 24.6. The van der Waals surface area contributed by atoms with Gasteiger partial charge in [-0.2, -0.15) is 0 Å². The maximum atomic E-state index is 12.1. The van der Waals surface area contributed by atoms with E-state index >= 15 is 0 Å². The monoisotopic (exact) mass is 313 g/mol. The molecule has 2 heterocycles. The Morgan fingerprint density at radius 1 is 1.48 bits per heavy atom. The molecule has 7 nitrogen and oxygen atoms in total. The van der Waals surface area contributed by atoms with Crippen LogP contribution >= 0.6 is 11.8 Å². The van der Waals surface area contributed by atoms with E-state index in [0.29, 0.717) is 0 Å². The lowest BCUT2D eigenvalue weighted by Crippen LogP contribution is -2.70. The van der Waals surface area contributed by atoms with Crippen molar-refractivity contribution < 1.29 is 19.5 Å². The van der Waals surface area contributed by atoms with Gasteiger partial charge in [-0.15, -0.1) is 11.8 Å². The maximum absolute atomic E-state index is 12.1. The van der Waals surface area contributed by atoms with Gasteiger partial charge in [-0.25, -0.2) is 4.79 Å². The van der Waals surface area contributed by atoms with Gasteiger partial charge >= 0.3 is 5.97 Å². The largest absolute Gasteiger partial charge is 0.477 e. The lowest BCUT2D eigenvalue weighted by atomic mass is 10.0. The SMILES string of the molecule is CCCCCNC1C(=O)N2C(C(=O)O)=C(C(N)=O)CS[C@@H]12. The Morgan fingerprint density at radius 3 is 2.76 bits per heavy atom. The smallest absolute Gasteiger partial charge is 0.353 e. The molecule has 2 amide bonds. The van der Waals surface area contributed by atoms with Crippen LogP contribution in [0.4, 0.5) is 0 Å². The molecule has 0 spiro atoms. The van der Waals surface area contributed by atoms with Gasteiger partial charge in [-0.05, 0) is 13.0 Å². The number of β-lactam (4-membered cyclic amide) rings is 1. The molecule has 0 aromatic rings. The topological polar surface area (TPSA) is 113 Å². The number of hydrogen-bond acceptors (Lipinski definition) is 5. The highest BCUT2D eigenvalue weighted by Gasteiger charge is 2.53. The molecular formula is C13H19N3O4S. The Labute approximate surface area is 126 Å². The van der Waals surface area contributed by atoms with Crippen LogP contribution in [0.1, 0.15) is 26.2 Å². The van der Waals surface area contributed by atoms with Crippen LogP contribution < -0.4 is 11.1 Å². The van der Waals surface area contributed by atoms with Crippen molar-refractivity contribution in [1.82, 2.24) is 10.2 Å². The molecule has 21 heavy (non-hydrogen) atoms. The van der Waals surface area contributed by atoms with E-state index in [2.05, 4.69) is 12.2 Å². The van der Waals surface area contributed by atoms with Gasteiger partial charge in [-0.3, -0.25) is 14.5 Å². The second-order valence-electron chi connectivity index (χ2n) is 5.05. The van der Waals surface area contributed by atoms with Crippen LogP contribution in [0.5, 0.6) is 0 Å².